The van der Waals surface area contributed by atoms with Crippen molar-refractivity contribution in [1.82, 2.24) is 14.5 Å². The summed E-state index contributed by atoms with van der Waals surface area (Å²) in [5, 5.41) is 9.17. The van der Waals surface area contributed by atoms with Gasteiger partial charge in [0.15, 0.2) is 0 Å². The molecule has 1 unspecified atom stereocenters. The van der Waals surface area contributed by atoms with Crippen molar-refractivity contribution >= 4 is 33.0 Å². The van der Waals surface area contributed by atoms with Crippen LogP contribution < -0.4 is 10.0 Å². The molecule has 2 N–H and O–H groups in total. The Morgan fingerprint density at radius 3 is 2.52 bits per heavy atom. The number of carbonyl (C=O) groups excluding carboxylic acids is 1. The van der Waals surface area contributed by atoms with Gasteiger partial charge in [-0.2, -0.15) is 5.10 Å². The molecule has 0 aliphatic carbocycles. The van der Waals surface area contributed by atoms with E-state index in [0.29, 0.717) is 11.3 Å². The van der Waals surface area contributed by atoms with Crippen molar-refractivity contribution in [3.63, 3.8) is 0 Å². The van der Waals surface area contributed by atoms with Crippen LogP contribution in [0, 0.1) is 20.8 Å². The fraction of sp³-hybridized carbons (Fsp3) is 0.300. The molecule has 0 aliphatic heterocycles. The maximum atomic E-state index is 13.0. The molecule has 0 radical (unpaired) electrons. The first-order valence-electron chi connectivity index (χ1n) is 9.11. The van der Waals surface area contributed by atoms with Gasteiger partial charge < -0.3 is 5.32 Å². The molecule has 3 aromatic rings. The molecule has 1 atom stereocenters. The van der Waals surface area contributed by atoms with Crippen molar-refractivity contribution in [3.05, 3.63) is 63.6 Å². The number of sulfonamides is 1. The standard InChI is InChI=1S/C20H24N4O3S2/c1-13-10-17(22-16(4)25)7-8-20(13)29(26,27)21-12-18(19-6-5-9-28-19)24-15(3)11-14(2)23-24/h5-11,18,21H,12H2,1-4H3,(H,22,25). The lowest BCUT2D eigenvalue weighted by Crippen LogP contribution is -2.32. The number of aryl methyl sites for hydroxylation is 3. The summed E-state index contributed by atoms with van der Waals surface area (Å²) >= 11 is 1.57. The average Bonchev–Trinajstić information content (AvgIpc) is 3.25. The number of carbonyl (C=O) groups is 1. The highest BCUT2D eigenvalue weighted by Gasteiger charge is 2.23. The third-order valence-corrected chi connectivity index (χ3v) is 7.02. The Kier molecular flexibility index (Phi) is 6.21. The van der Waals surface area contributed by atoms with Crippen molar-refractivity contribution in [1.29, 1.82) is 0 Å². The number of hydrogen-bond acceptors (Lipinski definition) is 5. The topological polar surface area (TPSA) is 93.1 Å². The molecular weight excluding hydrogens is 408 g/mol. The van der Waals surface area contributed by atoms with Gasteiger partial charge in [0, 0.05) is 29.7 Å². The highest BCUT2D eigenvalue weighted by Crippen LogP contribution is 2.25. The van der Waals surface area contributed by atoms with Gasteiger partial charge in [0.1, 0.15) is 0 Å². The van der Waals surface area contributed by atoms with E-state index in [9.17, 15) is 13.2 Å². The van der Waals surface area contributed by atoms with Crippen LogP contribution in [0.15, 0.2) is 46.7 Å². The average molecular weight is 433 g/mol. The summed E-state index contributed by atoms with van der Waals surface area (Å²) in [5.74, 6) is -0.207. The Morgan fingerprint density at radius 2 is 1.97 bits per heavy atom. The summed E-state index contributed by atoms with van der Waals surface area (Å²) in [6.45, 7) is 7.17. The molecule has 0 bridgehead atoms. The van der Waals surface area contributed by atoms with Gasteiger partial charge in [-0.05, 0) is 62.0 Å². The first-order valence-corrected chi connectivity index (χ1v) is 11.5. The minimum atomic E-state index is -3.74. The highest BCUT2D eigenvalue weighted by molar-refractivity contribution is 7.89. The number of anilines is 1. The second-order valence-electron chi connectivity index (χ2n) is 6.92. The van der Waals surface area contributed by atoms with E-state index < -0.39 is 10.0 Å². The fourth-order valence-electron chi connectivity index (χ4n) is 3.25. The maximum Gasteiger partial charge on any atom is 0.240 e. The zero-order valence-electron chi connectivity index (χ0n) is 16.8. The first kappa shape index (κ1) is 21.2. The fourth-order valence-corrected chi connectivity index (χ4v) is 5.32. The molecule has 29 heavy (non-hydrogen) atoms. The normalized spacial score (nSPS) is 12.7. The van der Waals surface area contributed by atoms with Gasteiger partial charge in [0.25, 0.3) is 0 Å². The Bertz CT molecular complexity index is 1120. The maximum absolute atomic E-state index is 13.0. The number of thiophene rings is 1. The summed E-state index contributed by atoms with van der Waals surface area (Å²) < 4.78 is 30.5. The third-order valence-electron chi connectivity index (χ3n) is 4.46. The number of hydrogen-bond donors (Lipinski definition) is 2. The van der Waals surface area contributed by atoms with Crippen LogP contribution in [-0.4, -0.2) is 30.7 Å². The molecule has 0 saturated heterocycles. The number of nitrogens with zero attached hydrogens (tertiary/aromatic N) is 2. The van der Waals surface area contributed by atoms with Crippen molar-refractivity contribution in [2.75, 3.05) is 11.9 Å². The Morgan fingerprint density at radius 1 is 1.21 bits per heavy atom. The SMILES string of the molecule is CC(=O)Nc1ccc(S(=O)(=O)NCC(c2cccs2)n2nc(C)cc2C)c(C)c1. The van der Waals surface area contributed by atoms with Gasteiger partial charge in [0.05, 0.1) is 16.6 Å². The van der Waals surface area contributed by atoms with Gasteiger partial charge in [-0.1, -0.05) is 6.07 Å². The molecule has 0 fully saturated rings. The summed E-state index contributed by atoms with van der Waals surface area (Å²) in [4.78, 5) is 12.4. The Hall–Kier alpha value is -2.49. The number of aromatic nitrogens is 2. The second-order valence-corrected chi connectivity index (χ2v) is 9.63. The molecular formula is C20H24N4O3S2. The number of nitrogens with one attached hydrogen (secondary N) is 2. The highest BCUT2D eigenvalue weighted by atomic mass is 32.2. The van der Waals surface area contributed by atoms with Gasteiger partial charge >= 0.3 is 0 Å². The van der Waals surface area contributed by atoms with E-state index in [0.717, 1.165) is 16.3 Å². The minimum Gasteiger partial charge on any atom is -0.326 e. The lowest BCUT2D eigenvalue weighted by Gasteiger charge is -2.19. The van der Waals surface area contributed by atoms with Crippen LogP contribution in [0.1, 0.15) is 34.8 Å². The minimum absolute atomic E-state index is 0.178. The van der Waals surface area contributed by atoms with E-state index in [4.69, 9.17) is 0 Å². The zero-order chi connectivity index (χ0) is 21.2. The predicted molar refractivity (Wildman–Crippen MR) is 115 cm³/mol. The molecule has 0 spiro atoms. The van der Waals surface area contributed by atoms with Gasteiger partial charge in [-0.3, -0.25) is 9.48 Å². The van der Waals surface area contributed by atoms with Gasteiger partial charge in [-0.25, -0.2) is 13.1 Å². The zero-order valence-corrected chi connectivity index (χ0v) is 18.4. The van der Waals surface area contributed by atoms with Crippen molar-refractivity contribution < 1.29 is 13.2 Å². The lowest BCUT2D eigenvalue weighted by atomic mass is 10.2. The van der Waals surface area contributed by atoms with Crippen LogP contribution in [-0.2, 0) is 14.8 Å². The molecule has 2 heterocycles. The number of rotatable bonds is 7. The van der Waals surface area contributed by atoms with Crippen molar-refractivity contribution in [2.45, 2.75) is 38.6 Å². The molecule has 2 aromatic heterocycles. The Balaban J connectivity index is 1.85. The van der Waals surface area contributed by atoms with Crippen molar-refractivity contribution in [3.8, 4) is 0 Å². The van der Waals surface area contributed by atoms with E-state index in [1.165, 1.54) is 13.0 Å². The van der Waals surface area contributed by atoms with Crippen LogP contribution in [0.2, 0.25) is 0 Å². The van der Waals surface area contributed by atoms with Crippen LogP contribution in [0.25, 0.3) is 0 Å². The van der Waals surface area contributed by atoms with E-state index >= 15 is 0 Å². The summed E-state index contributed by atoms with van der Waals surface area (Å²) in [5.41, 5.74) is 2.97. The predicted octanol–water partition coefficient (Wildman–Crippen LogP) is 3.40. The van der Waals surface area contributed by atoms with E-state index in [1.54, 1.807) is 30.4 Å². The summed E-state index contributed by atoms with van der Waals surface area (Å²) in [6, 6.07) is 10.4. The number of benzene rings is 1. The molecule has 1 amide bonds. The Labute approximate surface area is 174 Å². The van der Waals surface area contributed by atoms with Gasteiger partial charge in [-0.15, -0.1) is 11.3 Å². The molecule has 0 aliphatic rings. The van der Waals surface area contributed by atoms with Crippen LogP contribution in [0.3, 0.4) is 0 Å². The molecule has 154 valence electrons. The molecule has 3 rings (SSSR count). The van der Waals surface area contributed by atoms with Crippen LogP contribution in [0.5, 0.6) is 0 Å². The first-order chi connectivity index (χ1) is 13.7. The largest absolute Gasteiger partial charge is 0.326 e. The van der Waals surface area contributed by atoms with Gasteiger partial charge in [0.2, 0.25) is 15.9 Å². The molecule has 1 aromatic carbocycles. The monoisotopic (exact) mass is 432 g/mol. The lowest BCUT2D eigenvalue weighted by molar-refractivity contribution is -0.114. The van der Waals surface area contributed by atoms with Crippen molar-refractivity contribution in [2.24, 2.45) is 0 Å². The molecule has 0 saturated carbocycles. The third kappa shape index (κ3) is 4.92. The summed E-state index contributed by atoms with van der Waals surface area (Å²) in [7, 11) is -3.74. The smallest absolute Gasteiger partial charge is 0.240 e. The summed E-state index contributed by atoms with van der Waals surface area (Å²) in [6.07, 6.45) is 0. The van der Waals surface area contributed by atoms with Crippen LogP contribution in [0.4, 0.5) is 5.69 Å². The number of amides is 1. The van der Waals surface area contributed by atoms with E-state index in [-0.39, 0.29) is 23.4 Å². The molecule has 7 nitrogen and oxygen atoms in total. The van der Waals surface area contributed by atoms with E-state index in [1.807, 2.05) is 42.1 Å². The van der Waals surface area contributed by atoms with Crippen LogP contribution >= 0.6 is 11.3 Å². The quantitative estimate of drug-likeness (QED) is 0.598. The van der Waals surface area contributed by atoms with E-state index in [2.05, 4.69) is 15.1 Å². The second kappa shape index (κ2) is 8.48. The molecule has 9 heteroatoms.